The van der Waals surface area contributed by atoms with Gasteiger partial charge in [0.25, 0.3) is 0 Å². The van der Waals surface area contributed by atoms with Crippen LogP contribution in [0, 0.1) is 0 Å². The smallest absolute Gasteiger partial charge is 0.184 e. The maximum Gasteiger partial charge on any atom is 0.184 e. The molecule has 112 valence electrons. The zero-order chi connectivity index (χ0) is 14.7. The van der Waals surface area contributed by atoms with Crippen molar-refractivity contribution in [1.82, 2.24) is 0 Å². The molecular weight excluding hydrogens is 288 g/mol. The molecule has 0 amide bonds. The van der Waals surface area contributed by atoms with Crippen molar-refractivity contribution < 1.29 is 29.9 Å². The van der Waals surface area contributed by atoms with E-state index in [0.29, 0.717) is 10.6 Å². The van der Waals surface area contributed by atoms with Crippen LogP contribution in [0.15, 0.2) is 24.3 Å². The van der Waals surface area contributed by atoms with Crippen molar-refractivity contribution in [2.45, 2.75) is 30.7 Å². The van der Waals surface area contributed by atoms with E-state index < -0.39 is 43.9 Å². The second-order valence-electron chi connectivity index (χ2n) is 4.58. The van der Waals surface area contributed by atoms with Crippen molar-refractivity contribution in [3.63, 3.8) is 0 Å². The summed E-state index contributed by atoms with van der Waals surface area (Å²) in [6.07, 6.45) is -5.32. The van der Waals surface area contributed by atoms with Gasteiger partial charge in [-0.15, -0.1) is 0 Å². The normalized spacial score (nSPS) is 32.0. The Kier molecular flexibility index (Phi) is 5.34. The Morgan fingerprint density at radius 2 is 1.80 bits per heavy atom. The Morgan fingerprint density at radius 3 is 2.35 bits per heavy atom. The summed E-state index contributed by atoms with van der Waals surface area (Å²) in [4.78, 5) is 0. The van der Waals surface area contributed by atoms with Gasteiger partial charge in [0.15, 0.2) is 6.29 Å². The molecule has 0 radical (unpaired) electrons. The van der Waals surface area contributed by atoms with E-state index in [2.05, 4.69) is 0 Å². The van der Waals surface area contributed by atoms with Gasteiger partial charge < -0.3 is 29.9 Å². The molecule has 0 bridgehead atoms. The minimum atomic E-state index is -1.27. The lowest BCUT2D eigenvalue weighted by Crippen LogP contribution is -2.54. The van der Waals surface area contributed by atoms with Crippen LogP contribution in [0.5, 0.6) is 0 Å². The molecule has 1 fully saturated rings. The molecule has 1 aliphatic rings. The molecule has 0 aromatic heterocycles. The molecule has 4 N–H and O–H groups in total. The maximum absolute atomic E-state index is 9.94. The molecule has 20 heavy (non-hydrogen) atoms. The minimum Gasteiger partial charge on any atom is -0.394 e. The van der Waals surface area contributed by atoms with Crippen molar-refractivity contribution in [1.29, 1.82) is 0 Å². The summed E-state index contributed by atoms with van der Waals surface area (Å²) < 4.78 is 10.9. The first-order valence-corrected chi connectivity index (χ1v) is 6.59. The predicted octanol–water partition coefficient (Wildman–Crippen LogP) is -0.171. The fraction of sp³-hybridized carbons (Fsp3) is 0.538. The molecule has 1 aromatic rings. The average molecular weight is 305 g/mol. The van der Waals surface area contributed by atoms with E-state index in [9.17, 15) is 15.3 Å². The highest BCUT2D eigenvalue weighted by molar-refractivity contribution is 6.30. The molecule has 1 unspecified atom stereocenters. The van der Waals surface area contributed by atoms with Gasteiger partial charge in [-0.05, 0) is 12.1 Å². The standard InChI is InChI=1S/C13H17ClO6/c14-8-3-1-7(2-4-8)13-19-10(6-16)11(18)12(20-13)9(17)5-15/h1-4,9-13,15-18H,5-6H2/t9-,10+,11+,12+,13?/m0/s1. The van der Waals surface area contributed by atoms with Crippen LogP contribution in [0.2, 0.25) is 5.02 Å². The molecule has 7 heteroatoms. The number of rotatable bonds is 4. The van der Waals surface area contributed by atoms with Crippen molar-refractivity contribution in [2.24, 2.45) is 0 Å². The summed E-state index contributed by atoms with van der Waals surface area (Å²) in [6, 6.07) is 6.67. The second kappa shape index (κ2) is 6.82. The zero-order valence-corrected chi connectivity index (χ0v) is 11.3. The van der Waals surface area contributed by atoms with Crippen molar-refractivity contribution in [2.75, 3.05) is 13.2 Å². The van der Waals surface area contributed by atoms with Gasteiger partial charge in [0.2, 0.25) is 0 Å². The van der Waals surface area contributed by atoms with Gasteiger partial charge in [0.1, 0.15) is 24.4 Å². The van der Waals surface area contributed by atoms with Gasteiger partial charge in [-0.2, -0.15) is 0 Å². The Hall–Kier alpha value is -0.730. The fourth-order valence-electron chi connectivity index (χ4n) is 2.06. The van der Waals surface area contributed by atoms with E-state index in [1.165, 1.54) is 0 Å². The molecule has 1 saturated heterocycles. The van der Waals surface area contributed by atoms with Gasteiger partial charge in [-0.3, -0.25) is 0 Å². The van der Waals surface area contributed by atoms with Crippen LogP contribution in [0.25, 0.3) is 0 Å². The van der Waals surface area contributed by atoms with Crippen LogP contribution in [-0.2, 0) is 9.47 Å². The number of hydrogen-bond acceptors (Lipinski definition) is 6. The SMILES string of the molecule is OC[C@H](O)[C@H]1OC(c2ccc(Cl)cc2)O[C@H](CO)[C@H]1O. The first-order valence-electron chi connectivity index (χ1n) is 6.21. The van der Waals surface area contributed by atoms with Gasteiger partial charge >= 0.3 is 0 Å². The Bertz CT molecular complexity index is 425. The molecule has 2 rings (SSSR count). The highest BCUT2D eigenvalue weighted by atomic mass is 35.5. The Balaban J connectivity index is 2.19. The van der Waals surface area contributed by atoms with Gasteiger partial charge in [0, 0.05) is 10.6 Å². The molecule has 6 nitrogen and oxygen atoms in total. The van der Waals surface area contributed by atoms with Gasteiger partial charge in [-0.25, -0.2) is 0 Å². The third-order valence-corrected chi connectivity index (χ3v) is 3.44. The quantitative estimate of drug-likeness (QED) is 0.616. The Labute approximate surface area is 121 Å². The first-order chi connectivity index (χ1) is 9.56. The number of benzene rings is 1. The van der Waals surface area contributed by atoms with Crippen molar-refractivity contribution in [3.05, 3.63) is 34.9 Å². The van der Waals surface area contributed by atoms with Crippen molar-refractivity contribution in [3.8, 4) is 0 Å². The van der Waals surface area contributed by atoms with Gasteiger partial charge in [0.05, 0.1) is 13.2 Å². The van der Waals surface area contributed by atoms with E-state index in [0.717, 1.165) is 0 Å². The largest absolute Gasteiger partial charge is 0.394 e. The molecule has 0 saturated carbocycles. The number of aliphatic hydroxyl groups is 4. The molecule has 5 atom stereocenters. The molecular formula is C13H17ClO6. The lowest BCUT2D eigenvalue weighted by Gasteiger charge is -2.40. The van der Waals surface area contributed by atoms with Crippen LogP contribution in [-0.4, -0.2) is 58.1 Å². The molecule has 1 aliphatic heterocycles. The van der Waals surface area contributed by atoms with Crippen LogP contribution in [0.1, 0.15) is 11.9 Å². The molecule has 1 aromatic carbocycles. The topological polar surface area (TPSA) is 99.4 Å². The highest BCUT2D eigenvalue weighted by Crippen LogP contribution is 2.31. The molecule has 1 heterocycles. The monoisotopic (exact) mass is 304 g/mol. The number of aliphatic hydroxyl groups excluding tert-OH is 4. The van der Waals surface area contributed by atoms with Crippen LogP contribution in [0.3, 0.4) is 0 Å². The third kappa shape index (κ3) is 3.29. The van der Waals surface area contributed by atoms with Crippen molar-refractivity contribution >= 4 is 11.6 Å². The summed E-state index contributed by atoms with van der Waals surface area (Å²) in [7, 11) is 0. The minimum absolute atomic E-state index is 0.427. The van der Waals surface area contributed by atoms with Crippen LogP contribution < -0.4 is 0 Å². The van der Waals surface area contributed by atoms with E-state index in [1.807, 2.05) is 0 Å². The molecule has 0 aliphatic carbocycles. The highest BCUT2D eigenvalue weighted by Gasteiger charge is 2.42. The van der Waals surface area contributed by atoms with E-state index in [-0.39, 0.29) is 0 Å². The summed E-state index contributed by atoms with van der Waals surface area (Å²) in [5, 5.41) is 38.4. The van der Waals surface area contributed by atoms with Crippen LogP contribution >= 0.6 is 11.6 Å². The second-order valence-corrected chi connectivity index (χ2v) is 5.02. The lowest BCUT2D eigenvalue weighted by molar-refractivity contribution is -0.310. The predicted molar refractivity (Wildman–Crippen MR) is 70.1 cm³/mol. The third-order valence-electron chi connectivity index (χ3n) is 3.19. The number of halogens is 1. The maximum atomic E-state index is 9.94. The molecule has 0 spiro atoms. The van der Waals surface area contributed by atoms with Crippen LogP contribution in [0.4, 0.5) is 0 Å². The summed E-state index contributed by atoms with van der Waals surface area (Å²) in [5.41, 5.74) is 0.634. The van der Waals surface area contributed by atoms with Gasteiger partial charge in [-0.1, -0.05) is 23.7 Å². The van der Waals surface area contributed by atoms with E-state index >= 15 is 0 Å². The Morgan fingerprint density at radius 1 is 1.15 bits per heavy atom. The lowest BCUT2D eigenvalue weighted by atomic mass is 10.0. The average Bonchev–Trinajstić information content (AvgIpc) is 2.47. The summed E-state index contributed by atoms with van der Waals surface area (Å²) in [5.74, 6) is 0. The first kappa shape index (κ1) is 15.7. The zero-order valence-electron chi connectivity index (χ0n) is 10.6. The van der Waals surface area contributed by atoms with E-state index in [1.54, 1.807) is 24.3 Å². The summed E-state index contributed by atoms with van der Waals surface area (Å²) >= 11 is 5.80. The number of ether oxygens (including phenoxy) is 2. The number of hydrogen-bond donors (Lipinski definition) is 4. The van der Waals surface area contributed by atoms with E-state index in [4.69, 9.17) is 26.2 Å². The fourth-order valence-corrected chi connectivity index (χ4v) is 2.18. The summed E-state index contributed by atoms with van der Waals surface area (Å²) in [6.45, 7) is -0.990.